The van der Waals surface area contributed by atoms with Gasteiger partial charge in [0, 0.05) is 23.1 Å². The predicted octanol–water partition coefficient (Wildman–Crippen LogP) is 1.41. The number of anilines is 1. The van der Waals surface area contributed by atoms with Crippen LogP contribution in [0.1, 0.15) is 20.3 Å². The molecule has 2 rings (SSSR count). The monoisotopic (exact) mass is 440 g/mol. The molecule has 8 nitrogen and oxygen atoms in total. The number of nitrogens with zero attached hydrogens (tertiary/aromatic N) is 1. The van der Waals surface area contributed by atoms with Gasteiger partial charge < -0.3 is 19.7 Å². The van der Waals surface area contributed by atoms with Crippen molar-refractivity contribution in [2.75, 3.05) is 24.7 Å². The lowest BCUT2D eigenvalue weighted by atomic mass is 10.1. The minimum absolute atomic E-state index is 0.0171. The molecule has 1 aliphatic heterocycles. The van der Waals surface area contributed by atoms with Crippen LogP contribution in [-0.4, -0.2) is 49.6 Å². The number of halogens is 1. The third kappa shape index (κ3) is 5.29. The first kappa shape index (κ1) is 20.9. The minimum Gasteiger partial charge on any atom is -0.464 e. The van der Waals surface area contributed by atoms with Crippen molar-refractivity contribution in [2.45, 2.75) is 26.3 Å². The van der Waals surface area contributed by atoms with Crippen LogP contribution in [0.25, 0.3) is 0 Å². The van der Waals surface area contributed by atoms with Crippen molar-refractivity contribution in [3.05, 3.63) is 28.7 Å². The second-order valence-corrected chi connectivity index (χ2v) is 6.75. The largest absolute Gasteiger partial charge is 0.464 e. The fourth-order valence-electron chi connectivity index (χ4n) is 2.70. The minimum atomic E-state index is -1.55. The molecular formula is C18H21BrN2O6. The molecule has 0 radical (unpaired) electrons. The van der Waals surface area contributed by atoms with Crippen LogP contribution in [0.5, 0.6) is 0 Å². The summed E-state index contributed by atoms with van der Waals surface area (Å²) in [6.45, 7) is 3.45. The van der Waals surface area contributed by atoms with Crippen LogP contribution < -0.4 is 10.2 Å². The summed E-state index contributed by atoms with van der Waals surface area (Å²) in [6.07, 6.45) is -0.0171. The van der Waals surface area contributed by atoms with Crippen molar-refractivity contribution in [3.8, 4) is 0 Å². The number of carbonyl (C=O) groups is 4. The number of carbonyl (C=O) groups excluding carboxylic acids is 4. The van der Waals surface area contributed by atoms with Gasteiger partial charge in [0.15, 0.2) is 0 Å². The van der Waals surface area contributed by atoms with E-state index in [-0.39, 0.29) is 32.1 Å². The molecule has 1 atom stereocenters. The first-order valence-corrected chi connectivity index (χ1v) is 9.36. The molecule has 1 aromatic rings. The van der Waals surface area contributed by atoms with Gasteiger partial charge in [0.25, 0.3) is 0 Å². The molecule has 1 saturated heterocycles. The van der Waals surface area contributed by atoms with Crippen LogP contribution in [0.15, 0.2) is 28.7 Å². The molecule has 0 saturated carbocycles. The molecule has 0 aromatic heterocycles. The van der Waals surface area contributed by atoms with E-state index in [1.165, 1.54) is 4.90 Å². The SMILES string of the molecule is CCOC(=O)C(NC(=O)[C@H]1CC(=O)N(c2cccc(Br)c2)C1)C(=O)OCC. The first-order chi connectivity index (χ1) is 12.9. The zero-order valence-electron chi connectivity index (χ0n) is 15.1. The summed E-state index contributed by atoms with van der Waals surface area (Å²) < 4.78 is 10.5. The van der Waals surface area contributed by atoms with Crippen LogP contribution in [0.2, 0.25) is 0 Å². The number of esters is 2. The summed E-state index contributed by atoms with van der Waals surface area (Å²) in [7, 11) is 0. The third-order valence-corrected chi connectivity index (χ3v) is 4.44. The van der Waals surface area contributed by atoms with E-state index in [4.69, 9.17) is 9.47 Å². The topological polar surface area (TPSA) is 102 Å². The van der Waals surface area contributed by atoms with E-state index in [1.807, 2.05) is 6.07 Å². The van der Waals surface area contributed by atoms with Gasteiger partial charge in [0.05, 0.1) is 19.1 Å². The molecular weight excluding hydrogens is 420 g/mol. The summed E-state index contributed by atoms with van der Waals surface area (Å²) in [5.74, 6) is -3.26. The fourth-order valence-corrected chi connectivity index (χ4v) is 3.09. The molecule has 1 fully saturated rings. The highest BCUT2D eigenvalue weighted by molar-refractivity contribution is 9.10. The molecule has 1 aromatic carbocycles. The molecule has 0 spiro atoms. The standard InChI is InChI=1S/C18H21BrN2O6/c1-3-26-17(24)15(18(25)27-4-2)20-16(23)11-8-14(22)21(10-11)13-7-5-6-12(19)9-13/h5-7,9,11,15H,3-4,8,10H2,1-2H3,(H,20,23)/t11-/m0/s1. The van der Waals surface area contributed by atoms with E-state index >= 15 is 0 Å². The van der Waals surface area contributed by atoms with Gasteiger partial charge in [0.1, 0.15) is 0 Å². The van der Waals surface area contributed by atoms with Gasteiger partial charge in [-0.2, -0.15) is 0 Å². The molecule has 1 heterocycles. The van der Waals surface area contributed by atoms with Gasteiger partial charge in [-0.05, 0) is 32.0 Å². The number of hydrogen-bond donors (Lipinski definition) is 1. The average molecular weight is 441 g/mol. The van der Waals surface area contributed by atoms with Crippen molar-refractivity contribution in [1.82, 2.24) is 5.32 Å². The molecule has 0 aliphatic carbocycles. The maximum atomic E-state index is 12.5. The van der Waals surface area contributed by atoms with E-state index in [1.54, 1.807) is 32.0 Å². The lowest BCUT2D eigenvalue weighted by molar-refractivity contribution is -0.159. The normalized spacial score (nSPS) is 16.4. The van der Waals surface area contributed by atoms with E-state index in [2.05, 4.69) is 21.2 Å². The molecule has 27 heavy (non-hydrogen) atoms. The van der Waals surface area contributed by atoms with Crippen LogP contribution in [0.4, 0.5) is 5.69 Å². The first-order valence-electron chi connectivity index (χ1n) is 8.56. The Hall–Kier alpha value is -2.42. The van der Waals surface area contributed by atoms with Crippen LogP contribution in [-0.2, 0) is 28.7 Å². The second-order valence-electron chi connectivity index (χ2n) is 5.83. The Morgan fingerprint density at radius 1 is 1.22 bits per heavy atom. The summed E-state index contributed by atoms with van der Waals surface area (Å²) in [5.41, 5.74) is 0.664. The van der Waals surface area contributed by atoms with E-state index in [0.717, 1.165) is 4.47 Å². The van der Waals surface area contributed by atoms with Gasteiger partial charge in [-0.25, -0.2) is 9.59 Å². The maximum absolute atomic E-state index is 12.5. The predicted molar refractivity (Wildman–Crippen MR) is 99.8 cm³/mol. The van der Waals surface area contributed by atoms with Crippen molar-refractivity contribution in [3.63, 3.8) is 0 Å². The van der Waals surface area contributed by atoms with Gasteiger partial charge in [-0.1, -0.05) is 22.0 Å². The Kier molecular flexibility index (Phi) is 7.35. The smallest absolute Gasteiger partial charge is 0.340 e. The Morgan fingerprint density at radius 2 is 1.85 bits per heavy atom. The Bertz CT molecular complexity index is 720. The highest BCUT2D eigenvalue weighted by atomic mass is 79.9. The van der Waals surface area contributed by atoms with E-state index < -0.39 is 29.8 Å². The number of ether oxygens (including phenoxy) is 2. The molecule has 0 unspecified atom stereocenters. The molecule has 0 bridgehead atoms. The molecule has 1 N–H and O–H groups in total. The van der Waals surface area contributed by atoms with E-state index in [0.29, 0.717) is 5.69 Å². The van der Waals surface area contributed by atoms with Crippen LogP contribution >= 0.6 is 15.9 Å². The van der Waals surface area contributed by atoms with Crippen molar-refractivity contribution >= 4 is 45.4 Å². The quantitative estimate of drug-likeness (QED) is 0.507. The lowest BCUT2D eigenvalue weighted by Gasteiger charge is -2.19. The van der Waals surface area contributed by atoms with Gasteiger partial charge in [-0.15, -0.1) is 0 Å². The number of benzene rings is 1. The molecule has 9 heteroatoms. The van der Waals surface area contributed by atoms with Crippen LogP contribution in [0.3, 0.4) is 0 Å². The Balaban J connectivity index is 2.08. The zero-order valence-corrected chi connectivity index (χ0v) is 16.7. The van der Waals surface area contributed by atoms with E-state index in [9.17, 15) is 19.2 Å². The highest BCUT2D eigenvalue weighted by Gasteiger charge is 2.39. The van der Waals surface area contributed by atoms with Gasteiger partial charge in [0.2, 0.25) is 17.9 Å². The summed E-state index contributed by atoms with van der Waals surface area (Å²) >= 11 is 3.35. The summed E-state index contributed by atoms with van der Waals surface area (Å²) in [4.78, 5) is 50.3. The zero-order chi connectivity index (χ0) is 20.0. The van der Waals surface area contributed by atoms with Crippen molar-refractivity contribution < 1.29 is 28.7 Å². The second kappa shape index (κ2) is 9.50. The molecule has 2 amide bonds. The number of amides is 2. The Morgan fingerprint density at radius 3 is 2.41 bits per heavy atom. The van der Waals surface area contributed by atoms with Gasteiger partial charge >= 0.3 is 11.9 Å². The third-order valence-electron chi connectivity index (χ3n) is 3.95. The molecule has 1 aliphatic rings. The highest BCUT2D eigenvalue weighted by Crippen LogP contribution is 2.27. The lowest BCUT2D eigenvalue weighted by Crippen LogP contribution is -2.50. The Labute approximate surface area is 165 Å². The number of rotatable bonds is 7. The van der Waals surface area contributed by atoms with Crippen LogP contribution in [0, 0.1) is 5.92 Å². The van der Waals surface area contributed by atoms with Crippen molar-refractivity contribution in [1.29, 1.82) is 0 Å². The fraction of sp³-hybridized carbons (Fsp3) is 0.444. The van der Waals surface area contributed by atoms with Crippen molar-refractivity contribution in [2.24, 2.45) is 5.92 Å². The maximum Gasteiger partial charge on any atom is 0.340 e. The summed E-state index contributed by atoms with van der Waals surface area (Å²) in [6, 6.07) is 5.61. The summed E-state index contributed by atoms with van der Waals surface area (Å²) in [5, 5.41) is 2.36. The van der Waals surface area contributed by atoms with Gasteiger partial charge in [-0.3, -0.25) is 9.59 Å². The average Bonchev–Trinajstić information content (AvgIpc) is 3.01. The molecule has 146 valence electrons. The number of nitrogens with one attached hydrogen (secondary N) is 1. The number of hydrogen-bond acceptors (Lipinski definition) is 6.